The van der Waals surface area contributed by atoms with Crippen LogP contribution < -0.4 is 0 Å². The molecule has 0 aromatic rings. The summed E-state index contributed by atoms with van der Waals surface area (Å²) in [5.41, 5.74) is 0. The largest absolute Gasteiger partial charge is 0.303 e. The molecular formula is C9H20BrN. The fraction of sp³-hybridized carbons (Fsp3) is 1.00. The van der Waals surface area contributed by atoms with Crippen molar-refractivity contribution in [2.45, 2.75) is 27.2 Å². The van der Waals surface area contributed by atoms with Crippen molar-refractivity contribution in [3.8, 4) is 0 Å². The summed E-state index contributed by atoms with van der Waals surface area (Å²) in [4.78, 5) is 2.49. The average Bonchev–Trinajstić information content (AvgIpc) is 2.03. The lowest BCUT2D eigenvalue weighted by molar-refractivity contribution is 0.260. The van der Waals surface area contributed by atoms with Crippen molar-refractivity contribution in [1.82, 2.24) is 4.90 Å². The van der Waals surface area contributed by atoms with Crippen LogP contribution in [0.5, 0.6) is 0 Å². The van der Waals surface area contributed by atoms with E-state index in [2.05, 4.69) is 41.6 Å². The fourth-order valence-electron chi connectivity index (χ4n) is 1.07. The minimum Gasteiger partial charge on any atom is -0.303 e. The molecule has 0 amide bonds. The Kier molecular flexibility index (Phi) is 7.39. The molecule has 2 heteroatoms. The zero-order valence-electron chi connectivity index (χ0n) is 7.94. The fourth-order valence-corrected chi connectivity index (χ4v) is 1.57. The molecule has 0 rings (SSSR count). The van der Waals surface area contributed by atoms with Crippen LogP contribution in [0.1, 0.15) is 27.2 Å². The Bertz CT molecular complexity index is 85.6. The van der Waals surface area contributed by atoms with Gasteiger partial charge in [0.15, 0.2) is 0 Å². The second-order valence-corrected chi connectivity index (χ2v) is 3.89. The second-order valence-electron chi connectivity index (χ2n) is 3.10. The van der Waals surface area contributed by atoms with Crippen LogP contribution in [-0.4, -0.2) is 29.9 Å². The van der Waals surface area contributed by atoms with Crippen molar-refractivity contribution in [2.75, 3.05) is 25.0 Å². The predicted molar refractivity (Wildman–Crippen MR) is 55.4 cm³/mol. The van der Waals surface area contributed by atoms with Crippen molar-refractivity contribution in [3.05, 3.63) is 0 Å². The highest BCUT2D eigenvalue weighted by Gasteiger charge is 2.05. The van der Waals surface area contributed by atoms with Gasteiger partial charge in [-0.15, -0.1) is 0 Å². The minimum atomic E-state index is 0.842. The van der Waals surface area contributed by atoms with E-state index in [1.54, 1.807) is 0 Å². The lowest BCUT2D eigenvalue weighted by Crippen LogP contribution is -2.29. The third-order valence-electron chi connectivity index (χ3n) is 2.11. The molecule has 0 aliphatic carbocycles. The maximum Gasteiger partial charge on any atom is 0.0159 e. The van der Waals surface area contributed by atoms with Crippen LogP contribution in [0.15, 0.2) is 0 Å². The highest BCUT2D eigenvalue weighted by molar-refractivity contribution is 9.09. The summed E-state index contributed by atoms with van der Waals surface area (Å²) in [5.74, 6) is 0.842. The number of alkyl halides is 1. The summed E-state index contributed by atoms with van der Waals surface area (Å²) in [6.07, 6.45) is 1.29. The maximum atomic E-state index is 3.46. The molecule has 0 saturated carbocycles. The Hall–Kier alpha value is 0.440. The van der Waals surface area contributed by atoms with E-state index >= 15 is 0 Å². The Morgan fingerprint density at radius 3 is 2.36 bits per heavy atom. The van der Waals surface area contributed by atoms with Gasteiger partial charge in [0.2, 0.25) is 0 Å². The van der Waals surface area contributed by atoms with Crippen molar-refractivity contribution >= 4 is 15.9 Å². The van der Waals surface area contributed by atoms with E-state index in [0.717, 1.165) is 11.2 Å². The zero-order valence-corrected chi connectivity index (χ0v) is 9.52. The number of rotatable bonds is 6. The van der Waals surface area contributed by atoms with E-state index in [4.69, 9.17) is 0 Å². The van der Waals surface area contributed by atoms with Gasteiger partial charge in [0.05, 0.1) is 0 Å². The van der Waals surface area contributed by atoms with E-state index in [1.807, 2.05) is 0 Å². The molecule has 0 aliphatic rings. The highest BCUT2D eigenvalue weighted by atomic mass is 79.9. The van der Waals surface area contributed by atoms with Gasteiger partial charge in [-0.25, -0.2) is 0 Å². The molecule has 0 spiro atoms. The molecule has 0 heterocycles. The topological polar surface area (TPSA) is 3.24 Å². The van der Waals surface area contributed by atoms with Crippen molar-refractivity contribution in [3.63, 3.8) is 0 Å². The molecule has 1 atom stereocenters. The van der Waals surface area contributed by atoms with Crippen molar-refractivity contribution in [1.29, 1.82) is 0 Å². The third kappa shape index (κ3) is 5.68. The van der Waals surface area contributed by atoms with Crippen LogP contribution >= 0.6 is 15.9 Å². The van der Waals surface area contributed by atoms with Gasteiger partial charge in [0.25, 0.3) is 0 Å². The molecule has 0 fully saturated rings. The lowest BCUT2D eigenvalue weighted by atomic mass is 10.1. The van der Waals surface area contributed by atoms with E-state index in [-0.39, 0.29) is 0 Å². The van der Waals surface area contributed by atoms with E-state index in [0.29, 0.717) is 0 Å². The Balaban J connectivity index is 3.49. The van der Waals surface area contributed by atoms with Gasteiger partial charge in [-0.1, -0.05) is 43.1 Å². The quantitative estimate of drug-likeness (QED) is 0.624. The lowest BCUT2D eigenvalue weighted by Gasteiger charge is -2.22. The van der Waals surface area contributed by atoms with Crippen LogP contribution in [0.25, 0.3) is 0 Å². The first kappa shape index (κ1) is 11.4. The summed E-state index contributed by atoms with van der Waals surface area (Å²) in [5, 5.41) is 1.09. The maximum absolute atomic E-state index is 3.46. The summed E-state index contributed by atoms with van der Waals surface area (Å²) >= 11 is 3.46. The van der Waals surface area contributed by atoms with Crippen LogP contribution in [0.3, 0.4) is 0 Å². The van der Waals surface area contributed by atoms with Gasteiger partial charge < -0.3 is 4.90 Å². The van der Waals surface area contributed by atoms with Gasteiger partial charge in [0, 0.05) is 18.4 Å². The first-order valence-electron chi connectivity index (χ1n) is 4.52. The standard InChI is InChI=1S/C9H20BrN/c1-4-9(3)8-11(5-2)7-6-10/h9H,4-8H2,1-3H3. The van der Waals surface area contributed by atoms with E-state index in [9.17, 15) is 0 Å². The predicted octanol–water partition coefficient (Wildman–Crippen LogP) is 2.75. The molecule has 0 aromatic heterocycles. The normalized spacial score (nSPS) is 13.9. The number of halogens is 1. The molecule has 11 heavy (non-hydrogen) atoms. The SMILES string of the molecule is CCC(C)CN(CC)CCBr. The van der Waals surface area contributed by atoms with Crippen LogP contribution in [0.2, 0.25) is 0 Å². The number of nitrogens with zero attached hydrogens (tertiary/aromatic N) is 1. The summed E-state index contributed by atoms with van der Waals surface area (Å²) in [6, 6.07) is 0. The van der Waals surface area contributed by atoms with Crippen molar-refractivity contribution < 1.29 is 0 Å². The van der Waals surface area contributed by atoms with Gasteiger partial charge in [0.1, 0.15) is 0 Å². The van der Waals surface area contributed by atoms with Gasteiger partial charge >= 0.3 is 0 Å². The minimum absolute atomic E-state index is 0.842. The second kappa shape index (κ2) is 7.11. The van der Waals surface area contributed by atoms with Crippen molar-refractivity contribution in [2.24, 2.45) is 5.92 Å². The Morgan fingerprint density at radius 1 is 1.36 bits per heavy atom. The summed E-state index contributed by atoms with van der Waals surface area (Å²) in [6.45, 7) is 10.4. The molecule has 0 aliphatic heterocycles. The van der Waals surface area contributed by atoms with Crippen LogP contribution in [0.4, 0.5) is 0 Å². The molecule has 0 saturated heterocycles. The highest BCUT2D eigenvalue weighted by Crippen LogP contribution is 2.03. The smallest absolute Gasteiger partial charge is 0.0159 e. The Labute approximate surface area is 79.3 Å². The molecule has 0 N–H and O–H groups in total. The Morgan fingerprint density at radius 2 is 2.00 bits per heavy atom. The molecule has 68 valence electrons. The van der Waals surface area contributed by atoms with Gasteiger partial charge in [-0.2, -0.15) is 0 Å². The van der Waals surface area contributed by atoms with E-state index in [1.165, 1.54) is 26.1 Å². The zero-order chi connectivity index (χ0) is 8.69. The summed E-state index contributed by atoms with van der Waals surface area (Å²) < 4.78 is 0. The first-order valence-corrected chi connectivity index (χ1v) is 5.65. The first-order chi connectivity index (χ1) is 5.24. The molecule has 0 aromatic carbocycles. The van der Waals surface area contributed by atoms with Gasteiger partial charge in [-0.05, 0) is 12.5 Å². The monoisotopic (exact) mass is 221 g/mol. The molecule has 1 nitrogen and oxygen atoms in total. The molecule has 0 bridgehead atoms. The molecule has 1 unspecified atom stereocenters. The molecule has 0 radical (unpaired) electrons. The number of hydrogen-bond donors (Lipinski definition) is 0. The number of hydrogen-bond acceptors (Lipinski definition) is 1. The molecular weight excluding hydrogens is 202 g/mol. The third-order valence-corrected chi connectivity index (χ3v) is 2.47. The summed E-state index contributed by atoms with van der Waals surface area (Å²) in [7, 11) is 0. The van der Waals surface area contributed by atoms with E-state index < -0.39 is 0 Å². The van der Waals surface area contributed by atoms with Crippen LogP contribution in [-0.2, 0) is 0 Å². The van der Waals surface area contributed by atoms with Crippen LogP contribution in [0, 0.1) is 5.92 Å². The van der Waals surface area contributed by atoms with Gasteiger partial charge in [-0.3, -0.25) is 0 Å². The average molecular weight is 222 g/mol.